The van der Waals surface area contributed by atoms with Gasteiger partial charge in [-0.05, 0) is 11.3 Å². The van der Waals surface area contributed by atoms with E-state index >= 15 is 0 Å². The minimum Gasteiger partial charge on any atom is -0.394 e. The lowest BCUT2D eigenvalue weighted by Gasteiger charge is -2.36. The number of aliphatic hydroxyl groups is 1. The van der Waals surface area contributed by atoms with Crippen LogP contribution in [0.25, 0.3) is 0 Å². The van der Waals surface area contributed by atoms with Crippen LogP contribution in [-0.4, -0.2) is 48.3 Å². The highest BCUT2D eigenvalue weighted by Crippen LogP contribution is 2.28. The van der Waals surface area contributed by atoms with Crippen LogP contribution in [0.2, 0.25) is 0 Å². The van der Waals surface area contributed by atoms with Crippen LogP contribution in [-0.2, 0) is 9.53 Å². The van der Waals surface area contributed by atoms with E-state index in [9.17, 15) is 9.90 Å². The fraction of sp³-hybridized carbons (Fsp3) is 0.923. The molecule has 0 bridgehead atoms. The molecule has 0 radical (unpaired) electrons. The lowest BCUT2D eigenvalue weighted by Crippen LogP contribution is -2.51. The molecular weight excluding hydrogens is 218 g/mol. The number of carbonyl (C=O) groups excluding carboxylic acids is 1. The maximum absolute atomic E-state index is 12.2. The largest absolute Gasteiger partial charge is 0.394 e. The summed E-state index contributed by atoms with van der Waals surface area (Å²) in [5.74, 6) is 0.465. The quantitative estimate of drug-likeness (QED) is 0.812. The predicted molar refractivity (Wildman–Crippen MR) is 66.6 cm³/mol. The Balaban J connectivity index is 2.56. The lowest BCUT2D eigenvalue weighted by molar-refractivity contribution is -0.143. The zero-order chi connectivity index (χ0) is 13.1. The summed E-state index contributed by atoms with van der Waals surface area (Å²) in [6.45, 7) is 10.1. The highest BCUT2D eigenvalue weighted by Gasteiger charge is 2.30. The van der Waals surface area contributed by atoms with Gasteiger partial charge >= 0.3 is 0 Å². The Morgan fingerprint density at radius 3 is 2.71 bits per heavy atom. The van der Waals surface area contributed by atoms with Crippen LogP contribution in [0.4, 0.5) is 0 Å². The number of hydrogen-bond acceptors (Lipinski definition) is 3. The molecule has 0 aliphatic carbocycles. The Labute approximate surface area is 104 Å². The third kappa shape index (κ3) is 3.96. The van der Waals surface area contributed by atoms with Crippen molar-refractivity contribution in [3.63, 3.8) is 0 Å². The molecule has 0 spiro atoms. The van der Waals surface area contributed by atoms with E-state index in [0.29, 0.717) is 32.1 Å². The van der Waals surface area contributed by atoms with E-state index in [2.05, 4.69) is 27.7 Å². The Morgan fingerprint density at radius 2 is 2.18 bits per heavy atom. The molecule has 2 atom stereocenters. The van der Waals surface area contributed by atoms with Gasteiger partial charge in [-0.15, -0.1) is 0 Å². The fourth-order valence-electron chi connectivity index (χ4n) is 1.82. The van der Waals surface area contributed by atoms with Gasteiger partial charge in [0.15, 0.2) is 0 Å². The summed E-state index contributed by atoms with van der Waals surface area (Å²) >= 11 is 0. The molecule has 4 heteroatoms. The second-order valence-corrected chi connectivity index (χ2v) is 5.97. The topological polar surface area (TPSA) is 49.8 Å². The molecule has 0 aromatic carbocycles. The number of ether oxygens (including phenoxy) is 1. The Hall–Kier alpha value is -0.610. The van der Waals surface area contributed by atoms with E-state index in [1.54, 1.807) is 4.90 Å². The van der Waals surface area contributed by atoms with Crippen molar-refractivity contribution >= 4 is 5.91 Å². The van der Waals surface area contributed by atoms with Crippen molar-refractivity contribution in [3.05, 3.63) is 0 Å². The zero-order valence-electron chi connectivity index (χ0n) is 11.4. The molecular formula is C13H25NO3. The molecule has 1 aliphatic heterocycles. The van der Waals surface area contributed by atoms with Gasteiger partial charge in [-0.1, -0.05) is 27.7 Å². The summed E-state index contributed by atoms with van der Waals surface area (Å²) in [7, 11) is 0. The summed E-state index contributed by atoms with van der Waals surface area (Å²) in [4.78, 5) is 14.0. The predicted octanol–water partition coefficient (Wildman–Crippen LogP) is 1.28. The molecule has 0 aromatic rings. The van der Waals surface area contributed by atoms with Crippen LogP contribution in [0, 0.1) is 11.3 Å². The molecule has 1 N–H and O–H groups in total. The molecule has 0 aromatic heterocycles. The number of aliphatic hydroxyl groups excluding tert-OH is 1. The van der Waals surface area contributed by atoms with E-state index in [4.69, 9.17) is 4.74 Å². The summed E-state index contributed by atoms with van der Waals surface area (Å²) in [6.07, 6.45) is 0.542. The summed E-state index contributed by atoms with van der Waals surface area (Å²) in [5, 5.41) is 9.23. The molecule has 1 fully saturated rings. The number of hydrogen-bond donors (Lipinski definition) is 1. The van der Waals surface area contributed by atoms with Gasteiger partial charge in [0.05, 0.1) is 25.9 Å². The monoisotopic (exact) mass is 243 g/mol. The third-order valence-corrected chi connectivity index (χ3v) is 3.72. The second kappa shape index (κ2) is 5.83. The molecule has 17 heavy (non-hydrogen) atoms. The van der Waals surface area contributed by atoms with Crippen LogP contribution in [0.15, 0.2) is 0 Å². The lowest BCUT2D eigenvalue weighted by atomic mass is 9.80. The molecule has 2 unspecified atom stereocenters. The van der Waals surface area contributed by atoms with Gasteiger partial charge < -0.3 is 14.7 Å². The van der Waals surface area contributed by atoms with Crippen molar-refractivity contribution in [1.29, 1.82) is 0 Å². The molecule has 4 nitrogen and oxygen atoms in total. The van der Waals surface area contributed by atoms with E-state index in [1.807, 2.05) is 0 Å². The Bertz CT molecular complexity index is 260. The Morgan fingerprint density at radius 1 is 1.53 bits per heavy atom. The van der Waals surface area contributed by atoms with Crippen LogP contribution in [0.3, 0.4) is 0 Å². The van der Waals surface area contributed by atoms with Crippen molar-refractivity contribution in [2.45, 2.75) is 40.2 Å². The van der Waals surface area contributed by atoms with Crippen molar-refractivity contribution in [3.8, 4) is 0 Å². The first kappa shape index (κ1) is 14.5. The van der Waals surface area contributed by atoms with Crippen molar-refractivity contribution in [2.75, 3.05) is 26.4 Å². The second-order valence-electron chi connectivity index (χ2n) is 5.97. The van der Waals surface area contributed by atoms with Gasteiger partial charge in [-0.25, -0.2) is 0 Å². The van der Waals surface area contributed by atoms with Crippen LogP contribution < -0.4 is 0 Å². The number of amides is 1. The first-order valence-electron chi connectivity index (χ1n) is 6.34. The molecule has 1 heterocycles. The Kier molecular flexibility index (Phi) is 4.95. The normalized spacial score (nSPS) is 23.6. The van der Waals surface area contributed by atoms with E-state index < -0.39 is 0 Å². The average molecular weight is 243 g/mol. The van der Waals surface area contributed by atoms with Crippen LogP contribution >= 0.6 is 0 Å². The standard InChI is InChI=1S/C13H25NO3/c1-10(13(2,3)4)7-12(16)14-5-6-17-9-11(14)8-15/h10-11,15H,5-9H2,1-4H3. The van der Waals surface area contributed by atoms with Gasteiger partial charge in [-0.2, -0.15) is 0 Å². The fourth-order valence-corrected chi connectivity index (χ4v) is 1.82. The van der Waals surface area contributed by atoms with Crippen LogP contribution in [0.1, 0.15) is 34.1 Å². The molecule has 1 saturated heterocycles. The van der Waals surface area contributed by atoms with Gasteiger partial charge in [0.1, 0.15) is 0 Å². The van der Waals surface area contributed by atoms with Crippen molar-refractivity contribution < 1.29 is 14.6 Å². The number of rotatable bonds is 3. The maximum atomic E-state index is 12.2. The van der Waals surface area contributed by atoms with Gasteiger partial charge in [-0.3, -0.25) is 4.79 Å². The highest BCUT2D eigenvalue weighted by molar-refractivity contribution is 5.77. The highest BCUT2D eigenvalue weighted by atomic mass is 16.5. The van der Waals surface area contributed by atoms with Gasteiger partial charge in [0.2, 0.25) is 5.91 Å². The van der Waals surface area contributed by atoms with Gasteiger partial charge in [0.25, 0.3) is 0 Å². The summed E-state index contributed by atoms with van der Waals surface area (Å²) < 4.78 is 5.27. The van der Waals surface area contributed by atoms with Crippen molar-refractivity contribution in [1.82, 2.24) is 4.90 Å². The number of carbonyl (C=O) groups is 1. The zero-order valence-corrected chi connectivity index (χ0v) is 11.4. The number of morpholine rings is 1. The van der Waals surface area contributed by atoms with Gasteiger partial charge in [0, 0.05) is 13.0 Å². The molecule has 0 saturated carbocycles. The minimum absolute atomic E-state index is 0.0182. The minimum atomic E-state index is -0.164. The first-order chi connectivity index (χ1) is 7.86. The van der Waals surface area contributed by atoms with E-state index in [-0.39, 0.29) is 24.0 Å². The third-order valence-electron chi connectivity index (χ3n) is 3.72. The molecule has 1 rings (SSSR count). The number of nitrogens with zero attached hydrogens (tertiary/aromatic N) is 1. The van der Waals surface area contributed by atoms with Crippen LogP contribution in [0.5, 0.6) is 0 Å². The van der Waals surface area contributed by atoms with Crippen molar-refractivity contribution in [2.24, 2.45) is 11.3 Å². The first-order valence-corrected chi connectivity index (χ1v) is 6.34. The maximum Gasteiger partial charge on any atom is 0.223 e. The average Bonchev–Trinajstić information content (AvgIpc) is 2.27. The van der Waals surface area contributed by atoms with E-state index in [0.717, 1.165) is 0 Å². The SMILES string of the molecule is CC(CC(=O)N1CCOCC1CO)C(C)(C)C. The molecule has 1 aliphatic rings. The smallest absolute Gasteiger partial charge is 0.223 e. The summed E-state index contributed by atoms with van der Waals surface area (Å²) in [6, 6.07) is -0.164. The molecule has 100 valence electrons. The molecule has 1 amide bonds. The summed E-state index contributed by atoms with van der Waals surface area (Å²) in [5.41, 5.74) is 0.136. The van der Waals surface area contributed by atoms with E-state index in [1.165, 1.54) is 0 Å².